The zero-order chi connectivity index (χ0) is 23.3. The van der Waals surface area contributed by atoms with E-state index in [1.54, 1.807) is 12.1 Å². The standard InChI is InChI=1S/C25H34N2O4/c1-16-10-20(24(30)22(12-16)18(3)28)14-26(5)8-7-9-27(6)15-21-11-17(2)13-23(19(4)29)25(21)31/h10-13,30-31H,7-9,14-15H2,1-6H3. The van der Waals surface area contributed by atoms with Crippen molar-refractivity contribution in [1.82, 2.24) is 9.80 Å². The van der Waals surface area contributed by atoms with Gasteiger partial charge in [0, 0.05) is 24.2 Å². The second-order valence-corrected chi connectivity index (χ2v) is 8.58. The predicted octanol–water partition coefficient (Wildman–Crippen LogP) is 4.07. The van der Waals surface area contributed by atoms with Gasteiger partial charge in [0.1, 0.15) is 11.5 Å². The van der Waals surface area contributed by atoms with Crippen molar-refractivity contribution >= 4 is 11.6 Å². The van der Waals surface area contributed by atoms with Gasteiger partial charge in [-0.3, -0.25) is 9.59 Å². The molecule has 0 aliphatic carbocycles. The highest BCUT2D eigenvalue weighted by molar-refractivity contribution is 5.97. The maximum Gasteiger partial charge on any atom is 0.163 e. The van der Waals surface area contributed by atoms with E-state index in [1.807, 2.05) is 40.1 Å². The van der Waals surface area contributed by atoms with Crippen LogP contribution in [0.2, 0.25) is 0 Å². The fourth-order valence-corrected chi connectivity index (χ4v) is 3.84. The SMILES string of the molecule is CC(=O)c1cc(C)cc(CN(C)CCCN(C)Cc2cc(C)cc(C(C)=O)c2O)c1O. The Labute approximate surface area is 185 Å². The molecule has 0 aromatic heterocycles. The lowest BCUT2D eigenvalue weighted by atomic mass is 10.0. The number of nitrogens with zero attached hydrogens (tertiary/aromatic N) is 2. The number of benzene rings is 2. The van der Waals surface area contributed by atoms with Crippen LogP contribution in [-0.4, -0.2) is 58.8 Å². The van der Waals surface area contributed by atoms with Crippen LogP contribution in [0.25, 0.3) is 0 Å². The molecule has 2 aromatic rings. The Kier molecular flexibility index (Phi) is 8.36. The van der Waals surface area contributed by atoms with Crippen LogP contribution in [0, 0.1) is 13.8 Å². The zero-order valence-corrected chi connectivity index (χ0v) is 19.5. The highest BCUT2D eigenvalue weighted by Gasteiger charge is 2.15. The molecule has 6 nitrogen and oxygen atoms in total. The summed E-state index contributed by atoms with van der Waals surface area (Å²) in [6, 6.07) is 7.26. The topological polar surface area (TPSA) is 81.1 Å². The molecule has 0 heterocycles. The van der Waals surface area contributed by atoms with Crippen molar-refractivity contribution in [3.63, 3.8) is 0 Å². The van der Waals surface area contributed by atoms with E-state index in [4.69, 9.17) is 0 Å². The Bertz CT molecular complexity index is 891. The van der Waals surface area contributed by atoms with Gasteiger partial charge in [0.25, 0.3) is 0 Å². The third kappa shape index (κ3) is 6.64. The van der Waals surface area contributed by atoms with E-state index < -0.39 is 0 Å². The quantitative estimate of drug-likeness (QED) is 0.558. The van der Waals surface area contributed by atoms with Gasteiger partial charge in [-0.25, -0.2) is 0 Å². The van der Waals surface area contributed by atoms with Crippen LogP contribution < -0.4 is 0 Å². The molecule has 0 atom stereocenters. The van der Waals surface area contributed by atoms with Crippen molar-refractivity contribution in [1.29, 1.82) is 0 Å². The highest BCUT2D eigenvalue weighted by Crippen LogP contribution is 2.27. The molecule has 0 saturated carbocycles. The zero-order valence-electron chi connectivity index (χ0n) is 19.5. The average molecular weight is 427 g/mol. The van der Waals surface area contributed by atoms with E-state index in [9.17, 15) is 19.8 Å². The van der Waals surface area contributed by atoms with Gasteiger partial charge < -0.3 is 20.0 Å². The molecule has 31 heavy (non-hydrogen) atoms. The van der Waals surface area contributed by atoms with E-state index in [0.717, 1.165) is 41.8 Å². The number of phenols is 2. The summed E-state index contributed by atoms with van der Waals surface area (Å²) >= 11 is 0. The Morgan fingerprint density at radius 1 is 0.742 bits per heavy atom. The van der Waals surface area contributed by atoms with Gasteiger partial charge in [0.2, 0.25) is 0 Å². The Morgan fingerprint density at radius 2 is 1.10 bits per heavy atom. The summed E-state index contributed by atoms with van der Waals surface area (Å²) < 4.78 is 0. The molecule has 6 heteroatoms. The minimum Gasteiger partial charge on any atom is -0.507 e. The number of ketones is 2. The largest absolute Gasteiger partial charge is 0.507 e. The fourth-order valence-electron chi connectivity index (χ4n) is 3.84. The number of carbonyl (C=O) groups excluding carboxylic acids is 2. The summed E-state index contributed by atoms with van der Waals surface area (Å²) in [7, 11) is 3.97. The van der Waals surface area contributed by atoms with Crippen molar-refractivity contribution in [2.24, 2.45) is 0 Å². The molecule has 2 N–H and O–H groups in total. The minimum atomic E-state index is -0.140. The molecule has 0 spiro atoms. The molecule has 0 fully saturated rings. The second kappa shape index (κ2) is 10.6. The number of carbonyl (C=O) groups is 2. The molecule has 0 radical (unpaired) electrons. The molecular weight excluding hydrogens is 392 g/mol. The van der Waals surface area contributed by atoms with Crippen LogP contribution in [-0.2, 0) is 13.1 Å². The molecule has 0 aliphatic rings. The number of rotatable bonds is 10. The number of Topliss-reactive ketones (excluding diaryl/α,β-unsaturated/α-hetero) is 2. The summed E-state index contributed by atoms with van der Waals surface area (Å²) in [6.45, 7) is 9.49. The van der Waals surface area contributed by atoms with Crippen molar-refractivity contribution in [3.05, 3.63) is 57.6 Å². The molecule has 0 bridgehead atoms. The van der Waals surface area contributed by atoms with E-state index in [1.165, 1.54) is 13.8 Å². The van der Waals surface area contributed by atoms with Gasteiger partial charge in [0.15, 0.2) is 11.6 Å². The van der Waals surface area contributed by atoms with Crippen LogP contribution in [0.1, 0.15) is 63.2 Å². The molecule has 2 aromatic carbocycles. The first-order chi connectivity index (χ1) is 14.5. The van der Waals surface area contributed by atoms with Crippen LogP contribution in [0.5, 0.6) is 11.5 Å². The average Bonchev–Trinajstić information content (AvgIpc) is 2.66. The van der Waals surface area contributed by atoms with Crippen molar-refractivity contribution in [3.8, 4) is 11.5 Å². The minimum absolute atomic E-state index is 0.0678. The Morgan fingerprint density at radius 3 is 1.42 bits per heavy atom. The lowest BCUT2D eigenvalue weighted by Crippen LogP contribution is -2.25. The molecule has 0 unspecified atom stereocenters. The molecule has 0 amide bonds. The van der Waals surface area contributed by atoms with E-state index in [0.29, 0.717) is 24.2 Å². The Hall–Kier alpha value is -2.70. The summed E-state index contributed by atoms with van der Waals surface area (Å²) in [5.74, 6) is -0.144. The van der Waals surface area contributed by atoms with E-state index >= 15 is 0 Å². The number of aryl methyl sites for hydroxylation is 2. The third-order valence-electron chi connectivity index (χ3n) is 5.39. The first kappa shape index (κ1) is 24.6. The second-order valence-electron chi connectivity index (χ2n) is 8.58. The third-order valence-corrected chi connectivity index (χ3v) is 5.39. The molecule has 0 aliphatic heterocycles. The molecule has 168 valence electrons. The van der Waals surface area contributed by atoms with Crippen LogP contribution in [0.15, 0.2) is 24.3 Å². The summed E-state index contributed by atoms with van der Waals surface area (Å²) in [5, 5.41) is 20.8. The van der Waals surface area contributed by atoms with Gasteiger partial charge in [-0.15, -0.1) is 0 Å². The highest BCUT2D eigenvalue weighted by atomic mass is 16.3. The van der Waals surface area contributed by atoms with E-state index in [-0.39, 0.29) is 23.1 Å². The first-order valence-electron chi connectivity index (χ1n) is 10.5. The Balaban J connectivity index is 1.93. The van der Waals surface area contributed by atoms with Crippen LogP contribution in [0.4, 0.5) is 0 Å². The first-order valence-corrected chi connectivity index (χ1v) is 10.5. The normalized spacial score (nSPS) is 11.4. The number of aromatic hydroxyl groups is 2. The summed E-state index contributed by atoms with van der Waals surface area (Å²) in [5.41, 5.74) is 4.14. The van der Waals surface area contributed by atoms with Crippen molar-refractivity contribution in [2.75, 3.05) is 27.2 Å². The van der Waals surface area contributed by atoms with Gasteiger partial charge in [0.05, 0.1) is 11.1 Å². The molecule has 2 rings (SSSR count). The number of hydrogen-bond donors (Lipinski definition) is 2. The van der Waals surface area contributed by atoms with Gasteiger partial charge in [-0.2, -0.15) is 0 Å². The predicted molar refractivity (Wildman–Crippen MR) is 123 cm³/mol. The van der Waals surface area contributed by atoms with Gasteiger partial charge in [-0.1, -0.05) is 12.1 Å². The molecular formula is C25H34N2O4. The van der Waals surface area contributed by atoms with Crippen LogP contribution in [0.3, 0.4) is 0 Å². The van der Waals surface area contributed by atoms with Crippen molar-refractivity contribution < 1.29 is 19.8 Å². The monoisotopic (exact) mass is 426 g/mol. The maximum atomic E-state index is 11.7. The number of phenolic OH excluding ortho intramolecular Hbond substituents is 2. The lowest BCUT2D eigenvalue weighted by molar-refractivity contribution is 0.100. The molecule has 0 saturated heterocycles. The number of hydrogen-bond acceptors (Lipinski definition) is 6. The maximum absolute atomic E-state index is 11.7. The smallest absolute Gasteiger partial charge is 0.163 e. The van der Waals surface area contributed by atoms with Gasteiger partial charge >= 0.3 is 0 Å². The van der Waals surface area contributed by atoms with Crippen molar-refractivity contribution in [2.45, 2.75) is 47.2 Å². The van der Waals surface area contributed by atoms with Gasteiger partial charge in [-0.05, 0) is 84.6 Å². The van der Waals surface area contributed by atoms with E-state index in [2.05, 4.69) is 9.80 Å². The lowest BCUT2D eigenvalue weighted by Gasteiger charge is -2.22. The summed E-state index contributed by atoms with van der Waals surface area (Å²) in [4.78, 5) is 27.7. The fraction of sp³-hybridized carbons (Fsp3) is 0.440. The summed E-state index contributed by atoms with van der Waals surface area (Å²) in [6.07, 6.45) is 0.894. The van der Waals surface area contributed by atoms with Crippen LogP contribution >= 0.6 is 0 Å².